The molecule has 0 atom stereocenters. The molecule has 3 nitrogen and oxygen atoms in total. The van der Waals surface area contributed by atoms with Crippen LogP contribution < -0.4 is 14.8 Å². The second-order valence-corrected chi connectivity index (χ2v) is 5.48. The van der Waals surface area contributed by atoms with Crippen molar-refractivity contribution >= 4 is 5.69 Å². The summed E-state index contributed by atoms with van der Waals surface area (Å²) in [7, 11) is 1.53. The van der Waals surface area contributed by atoms with Crippen LogP contribution in [0.25, 0.3) is 0 Å². The first-order chi connectivity index (χ1) is 8.81. The fourth-order valence-electron chi connectivity index (χ4n) is 1.55. The molecule has 0 saturated heterocycles. The molecular formula is C14H21F2NO2. The number of hydrogen-bond acceptors (Lipinski definition) is 3. The van der Waals surface area contributed by atoms with E-state index in [1.54, 1.807) is 12.1 Å². The quantitative estimate of drug-likeness (QED) is 0.844. The van der Waals surface area contributed by atoms with Gasteiger partial charge in [0.1, 0.15) is 11.5 Å². The molecule has 0 aliphatic rings. The van der Waals surface area contributed by atoms with Gasteiger partial charge in [0.25, 0.3) is 0 Å². The molecule has 0 aliphatic carbocycles. The molecule has 0 saturated carbocycles. The van der Waals surface area contributed by atoms with Crippen molar-refractivity contribution in [3.05, 3.63) is 18.2 Å². The summed E-state index contributed by atoms with van der Waals surface area (Å²) in [6.07, 6.45) is 0.915. The van der Waals surface area contributed by atoms with Gasteiger partial charge in [-0.15, -0.1) is 0 Å². The molecule has 5 heteroatoms. The average Bonchev–Trinajstić information content (AvgIpc) is 2.29. The van der Waals surface area contributed by atoms with E-state index in [4.69, 9.17) is 4.74 Å². The summed E-state index contributed by atoms with van der Waals surface area (Å²) in [6, 6.07) is 4.72. The van der Waals surface area contributed by atoms with Crippen molar-refractivity contribution in [1.82, 2.24) is 0 Å². The molecule has 0 fully saturated rings. The van der Waals surface area contributed by atoms with Crippen LogP contribution in [-0.2, 0) is 0 Å². The second kappa shape index (κ2) is 6.59. The third-order valence-electron chi connectivity index (χ3n) is 2.59. The van der Waals surface area contributed by atoms with Crippen LogP contribution in [0.5, 0.6) is 11.5 Å². The molecular weight excluding hydrogens is 252 g/mol. The number of anilines is 1. The lowest BCUT2D eigenvalue weighted by atomic mass is 9.92. The van der Waals surface area contributed by atoms with Crippen molar-refractivity contribution in [2.45, 2.75) is 33.8 Å². The minimum atomic E-state index is -2.84. The normalized spacial score (nSPS) is 11.5. The summed E-state index contributed by atoms with van der Waals surface area (Å²) in [6.45, 7) is 4.21. The third-order valence-corrected chi connectivity index (χ3v) is 2.59. The molecule has 0 bridgehead atoms. The molecule has 0 aliphatic heterocycles. The van der Waals surface area contributed by atoms with E-state index in [9.17, 15) is 8.78 Å². The van der Waals surface area contributed by atoms with Crippen LogP contribution in [0.1, 0.15) is 27.2 Å². The molecule has 0 aromatic heterocycles. The first-order valence-corrected chi connectivity index (χ1v) is 6.18. The number of ether oxygens (including phenoxy) is 2. The van der Waals surface area contributed by atoms with Gasteiger partial charge in [-0.25, -0.2) is 0 Å². The number of methoxy groups -OCH3 is 1. The van der Waals surface area contributed by atoms with Crippen LogP contribution >= 0.6 is 0 Å². The van der Waals surface area contributed by atoms with E-state index < -0.39 is 6.61 Å². The SMILES string of the molecule is COc1ccc(OC(F)F)c(NCCC(C)(C)C)c1. The molecule has 1 N–H and O–H groups in total. The predicted octanol–water partition coefficient (Wildman–Crippen LogP) is 4.14. The minimum Gasteiger partial charge on any atom is -0.497 e. The fraction of sp³-hybridized carbons (Fsp3) is 0.571. The molecule has 1 rings (SSSR count). The van der Waals surface area contributed by atoms with Crippen molar-refractivity contribution < 1.29 is 18.3 Å². The largest absolute Gasteiger partial charge is 0.497 e. The maximum absolute atomic E-state index is 12.3. The molecule has 19 heavy (non-hydrogen) atoms. The van der Waals surface area contributed by atoms with Crippen LogP contribution in [0.3, 0.4) is 0 Å². The van der Waals surface area contributed by atoms with Gasteiger partial charge in [-0.1, -0.05) is 20.8 Å². The van der Waals surface area contributed by atoms with Gasteiger partial charge in [-0.2, -0.15) is 8.78 Å². The Morgan fingerprint density at radius 1 is 1.26 bits per heavy atom. The number of rotatable bonds is 6. The van der Waals surface area contributed by atoms with E-state index in [2.05, 4.69) is 30.8 Å². The standard InChI is InChI=1S/C14H21F2NO2/c1-14(2,3)7-8-17-11-9-10(18-4)5-6-12(11)19-13(15)16/h5-6,9,13,17H,7-8H2,1-4H3. The number of alkyl halides is 2. The number of hydrogen-bond donors (Lipinski definition) is 1. The van der Waals surface area contributed by atoms with Crippen LogP contribution in [0.4, 0.5) is 14.5 Å². The molecule has 1 aromatic carbocycles. The van der Waals surface area contributed by atoms with Gasteiger partial charge in [-0.05, 0) is 24.0 Å². The monoisotopic (exact) mass is 273 g/mol. The van der Waals surface area contributed by atoms with Crippen LogP contribution in [-0.4, -0.2) is 20.3 Å². The Hall–Kier alpha value is -1.52. The lowest BCUT2D eigenvalue weighted by Crippen LogP contribution is -2.14. The summed E-state index contributed by atoms with van der Waals surface area (Å²) >= 11 is 0. The van der Waals surface area contributed by atoms with E-state index in [0.29, 0.717) is 18.0 Å². The van der Waals surface area contributed by atoms with Crippen molar-refractivity contribution in [3.8, 4) is 11.5 Å². The lowest BCUT2D eigenvalue weighted by molar-refractivity contribution is -0.0494. The zero-order chi connectivity index (χ0) is 14.5. The van der Waals surface area contributed by atoms with Crippen molar-refractivity contribution in [3.63, 3.8) is 0 Å². The van der Waals surface area contributed by atoms with Gasteiger partial charge in [0.05, 0.1) is 12.8 Å². The van der Waals surface area contributed by atoms with E-state index in [0.717, 1.165) is 6.42 Å². The summed E-state index contributed by atoms with van der Waals surface area (Å²) in [4.78, 5) is 0. The smallest absolute Gasteiger partial charge is 0.387 e. The average molecular weight is 273 g/mol. The molecule has 0 unspecified atom stereocenters. The van der Waals surface area contributed by atoms with Gasteiger partial charge in [0.2, 0.25) is 0 Å². The van der Waals surface area contributed by atoms with Crippen LogP contribution in [0.15, 0.2) is 18.2 Å². The van der Waals surface area contributed by atoms with E-state index in [1.165, 1.54) is 13.2 Å². The van der Waals surface area contributed by atoms with Gasteiger partial charge < -0.3 is 14.8 Å². The van der Waals surface area contributed by atoms with Crippen molar-refractivity contribution in [2.24, 2.45) is 5.41 Å². The minimum absolute atomic E-state index is 0.129. The predicted molar refractivity (Wildman–Crippen MR) is 72.2 cm³/mol. The number of benzene rings is 1. The Morgan fingerprint density at radius 2 is 1.95 bits per heavy atom. The highest BCUT2D eigenvalue weighted by Gasteiger charge is 2.13. The van der Waals surface area contributed by atoms with Crippen LogP contribution in [0.2, 0.25) is 0 Å². The summed E-state index contributed by atoms with van der Waals surface area (Å²) in [5.74, 6) is 0.726. The first-order valence-electron chi connectivity index (χ1n) is 6.18. The lowest BCUT2D eigenvalue weighted by Gasteiger charge is -2.20. The topological polar surface area (TPSA) is 30.5 Å². The van der Waals surface area contributed by atoms with Gasteiger partial charge >= 0.3 is 6.61 Å². The van der Waals surface area contributed by atoms with E-state index in [-0.39, 0.29) is 11.2 Å². The highest BCUT2D eigenvalue weighted by atomic mass is 19.3. The summed E-state index contributed by atoms with van der Waals surface area (Å²) in [5.41, 5.74) is 0.694. The first kappa shape index (κ1) is 15.5. The number of halogens is 2. The van der Waals surface area contributed by atoms with Crippen LogP contribution in [0, 0.1) is 5.41 Å². The van der Waals surface area contributed by atoms with E-state index in [1.807, 2.05) is 0 Å². The number of nitrogens with one attached hydrogen (secondary N) is 1. The van der Waals surface area contributed by atoms with Gasteiger partial charge in [0, 0.05) is 12.6 Å². The Labute approximate surface area is 112 Å². The van der Waals surface area contributed by atoms with Gasteiger partial charge in [-0.3, -0.25) is 0 Å². The fourth-order valence-corrected chi connectivity index (χ4v) is 1.55. The summed E-state index contributed by atoms with van der Waals surface area (Å²) in [5, 5.41) is 3.11. The Kier molecular flexibility index (Phi) is 5.39. The zero-order valence-electron chi connectivity index (χ0n) is 11.8. The molecule has 0 radical (unpaired) electrons. The third kappa shape index (κ3) is 5.77. The molecule has 0 amide bonds. The van der Waals surface area contributed by atoms with Crippen molar-refractivity contribution in [2.75, 3.05) is 19.0 Å². The molecule has 108 valence electrons. The Balaban J connectivity index is 2.76. The maximum atomic E-state index is 12.3. The maximum Gasteiger partial charge on any atom is 0.387 e. The molecule has 1 aromatic rings. The zero-order valence-corrected chi connectivity index (χ0v) is 11.8. The Morgan fingerprint density at radius 3 is 2.47 bits per heavy atom. The second-order valence-electron chi connectivity index (χ2n) is 5.48. The van der Waals surface area contributed by atoms with Crippen molar-refractivity contribution in [1.29, 1.82) is 0 Å². The van der Waals surface area contributed by atoms with E-state index >= 15 is 0 Å². The highest BCUT2D eigenvalue weighted by molar-refractivity contribution is 5.59. The molecule has 0 spiro atoms. The highest BCUT2D eigenvalue weighted by Crippen LogP contribution is 2.31. The molecule has 0 heterocycles. The van der Waals surface area contributed by atoms with Gasteiger partial charge in [0.15, 0.2) is 0 Å². The summed E-state index contributed by atoms with van der Waals surface area (Å²) < 4.78 is 34.2. The Bertz CT molecular complexity index is 403.